The average Bonchev–Trinajstić information content (AvgIpc) is 2.93. The molecular formula is C13H24N2O. The Morgan fingerprint density at radius 2 is 2.06 bits per heavy atom. The van der Waals surface area contributed by atoms with E-state index in [-0.39, 0.29) is 0 Å². The first-order chi connectivity index (χ1) is 7.60. The van der Waals surface area contributed by atoms with E-state index in [0.29, 0.717) is 23.3 Å². The van der Waals surface area contributed by atoms with E-state index in [0.717, 1.165) is 26.1 Å². The topological polar surface area (TPSA) is 32.3 Å². The lowest BCUT2D eigenvalue weighted by Gasteiger charge is -2.28. The Morgan fingerprint density at radius 1 is 1.44 bits per heavy atom. The molecule has 1 amide bonds. The van der Waals surface area contributed by atoms with Crippen LogP contribution in [-0.2, 0) is 4.79 Å². The summed E-state index contributed by atoms with van der Waals surface area (Å²) in [4.78, 5) is 14.4. The zero-order valence-electron chi connectivity index (χ0n) is 10.8. The number of hydrogen-bond donors (Lipinski definition) is 1. The fraction of sp³-hybridized carbons (Fsp3) is 0.923. The van der Waals surface area contributed by atoms with E-state index in [1.54, 1.807) is 0 Å². The maximum absolute atomic E-state index is 12.4. The SMILES string of the molecule is CCN(C(=O)C1CC12CCNCC2)C(C)C. The summed E-state index contributed by atoms with van der Waals surface area (Å²) in [6.45, 7) is 9.34. The molecule has 0 radical (unpaired) electrons. The monoisotopic (exact) mass is 224 g/mol. The van der Waals surface area contributed by atoms with E-state index in [1.165, 1.54) is 12.8 Å². The normalized spacial score (nSPS) is 27.1. The molecule has 2 aliphatic rings. The number of carbonyl (C=O) groups is 1. The number of amides is 1. The third-order valence-corrected chi connectivity index (χ3v) is 4.33. The highest BCUT2D eigenvalue weighted by Gasteiger charge is 2.58. The first-order valence-electron chi connectivity index (χ1n) is 6.62. The highest BCUT2D eigenvalue weighted by molar-refractivity contribution is 5.83. The van der Waals surface area contributed by atoms with Crippen LogP contribution in [0.25, 0.3) is 0 Å². The molecule has 1 saturated heterocycles. The van der Waals surface area contributed by atoms with Crippen molar-refractivity contribution in [2.45, 2.75) is 46.1 Å². The van der Waals surface area contributed by atoms with Gasteiger partial charge in [-0.25, -0.2) is 0 Å². The van der Waals surface area contributed by atoms with Crippen molar-refractivity contribution in [3.8, 4) is 0 Å². The van der Waals surface area contributed by atoms with Crippen LogP contribution in [0, 0.1) is 11.3 Å². The van der Waals surface area contributed by atoms with Gasteiger partial charge in [0.15, 0.2) is 0 Å². The van der Waals surface area contributed by atoms with Crippen molar-refractivity contribution in [2.75, 3.05) is 19.6 Å². The van der Waals surface area contributed by atoms with E-state index in [4.69, 9.17) is 0 Å². The van der Waals surface area contributed by atoms with E-state index in [9.17, 15) is 4.79 Å². The lowest BCUT2D eigenvalue weighted by atomic mass is 9.91. The largest absolute Gasteiger partial charge is 0.340 e. The fourth-order valence-electron chi connectivity index (χ4n) is 3.15. The Balaban J connectivity index is 1.97. The molecule has 0 aromatic heterocycles. The molecule has 2 rings (SSSR count). The van der Waals surface area contributed by atoms with E-state index < -0.39 is 0 Å². The summed E-state index contributed by atoms with van der Waals surface area (Å²) in [6, 6.07) is 0.344. The van der Waals surface area contributed by atoms with Gasteiger partial charge in [0.1, 0.15) is 0 Å². The predicted octanol–water partition coefficient (Wildman–Crippen LogP) is 1.63. The summed E-state index contributed by atoms with van der Waals surface area (Å²) in [7, 11) is 0. The summed E-state index contributed by atoms with van der Waals surface area (Å²) >= 11 is 0. The zero-order valence-corrected chi connectivity index (χ0v) is 10.8. The Morgan fingerprint density at radius 3 is 2.56 bits per heavy atom. The van der Waals surface area contributed by atoms with Crippen LogP contribution in [0.15, 0.2) is 0 Å². The minimum Gasteiger partial charge on any atom is -0.340 e. The summed E-state index contributed by atoms with van der Waals surface area (Å²) < 4.78 is 0. The molecule has 16 heavy (non-hydrogen) atoms. The average molecular weight is 224 g/mol. The molecule has 1 unspecified atom stereocenters. The molecule has 3 nitrogen and oxygen atoms in total. The quantitative estimate of drug-likeness (QED) is 0.790. The van der Waals surface area contributed by atoms with Gasteiger partial charge in [0.25, 0.3) is 0 Å². The molecule has 1 aliphatic heterocycles. The summed E-state index contributed by atoms with van der Waals surface area (Å²) in [5, 5.41) is 3.38. The molecule has 92 valence electrons. The molecule has 0 aromatic carbocycles. The second-order valence-electron chi connectivity index (χ2n) is 5.59. The Bertz CT molecular complexity index is 269. The van der Waals surface area contributed by atoms with Gasteiger partial charge in [0.2, 0.25) is 5.91 Å². The van der Waals surface area contributed by atoms with Gasteiger partial charge in [-0.05, 0) is 58.5 Å². The lowest BCUT2D eigenvalue weighted by molar-refractivity contribution is -0.135. The van der Waals surface area contributed by atoms with Crippen LogP contribution in [-0.4, -0.2) is 36.5 Å². The summed E-state index contributed by atoms with van der Waals surface area (Å²) in [5.41, 5.74) is 0.380. The Labute approximate surface area is 98.6 Å². The standard InChI is InChI=1S/C13H24N2O/c1-4-15(10(2)3)12(16)11-9-13(11)5-7-14-8-6-13/h10-11,14H,4-9H2,1-3H3. The van der Waals surface area contributed by atoms with Gasteiger partial charge < -0.3 is 10.2 Å². The van der Waals surface area contributed by atoms with Gasteiger partial charge in [-0.1, -0.05) is 0 Å². The van der Waals surface area contributed by atoms with Crippen LogP contribution in [0.1, 0.15) is 40.0 Å². The Kier molecular flexibility index (Phi) is 3.24. The molecule has 0 aromatic rings. The summed E-state index contributed by atoms with van der Waals surface area (Å²) in [6.07, 6.45) is 3.52. The van der Waals surface area contributed by atoms with Crippen molar-refractivity contribution >= 4 is 5.91 Å². The second-order valence-corrected chi connectivity index (χ2v) is 5.59. The molecule has 1 aliphatic carbocycles. The number of hydrogen-bond acceptors (Lipinski definition) is 2. The van der Waals surface area contributed by atoms with Crippen LogP contribution >= 0.6 is 0 Å². The molecule has 2 fully saturated rings. The first-order valence-corrected chi connectivity index (χ1v) is 6.62. The van der Waals surface area contributed by atoms with Gasteiger partial charge in [0, 0.05) is 18.5 Å². The summed E-state index contributed by atoms with van der Waals surface area (Å²) in [5.74, 6) is 0.733. The molecule has 3 heteroatoms. The van der Waals surface area contributed by atoms with Crippen molar-refractivity contribution in [3.63, 3.8) is 0 Å². The van der Waals surface area contributed by atoms with Gasteiger partial charge in [-0.15, -0.1) is 0 Å². The number of nitrogens with one attached hydrogen (secondary N) is 1. The molecule has 1 N–H and O–H groups in total. The van der Waals surface area contributed by atoms with Crippen molar-refractivity contribution in [2.24, 2.45) is 11.3 Å². The second kappa shape index (κ2) is 4.36. The lowest BCUT2D eigenvalue weighted by Crippen LogP contribution is -2.40. The van der Waals surface area contributed by atoms with E-state index in [1.807, 2.05) is 4.90 Å². The molecule has 1 spiro atoms. The first kappa shape index (κ1) is 11.9. The number of nitrogens with zero attached hydrogens (tertiary/aromatic N) is 1. The van der Waals surface area contributed by atoms with Crippen molar-refractivity contribution in [1.82, 2.24) is 10.2 Å². The van der Waals surface area contributed by atoms with Crippen LogP contribution < -0.4 is 5.32 Å². The highest BCUT2D eigenvalue weighted by atomic mass is 16.2. The van der Waals surface area contributed by atoms with Gasteiger partial charge >= 0.3 is 0 Å². The fourth-order valence-corrected chi connectivity index (χ4v) is 3.15. The molecule has 1 heterocycles. The Hall–Kier alpha value is -0.570. The van der Waals surface area contributed by atoms with Crippen LogP contribution in [0.3, 0.4) is 0 Å². The third-order valence-electron chi connectivity index (χ3n) is 4.33. The van der Waals surface area contributed by atoms with Gasteiger partial charge in [-0.3, -0.25) is 4.79 Å². The van der Waals surface area contributed by atoms with Crippen LogP contribution in [0.4, 0.5) is 0 Å². The van der Waals surface area contributed by atoms with Crippen LogP contribution in [0.2, 0.25) is 0 Å². The number of carbonyl (C=O) groups excluding carboxylic acids is 1. The van der Waals surface area contributed by atoms with Crippen molar-refractivity contribution in [1.29, 1.82) is 0 Å². The van der Waals surface area contributed by atoms with Crippen LogP contribution in [0.5, 0.6) is 0 Å². The smallest absolute Gasteiger partial charge is 0.226 e. The molecule has 1 saturated carbocycles. The predicted molar refractivity (Wildman–Crippen MR) is 65.2 cm³/mol. The maximum Gasteiger partial charge on any atom is 0.226 e. The van der Waals surface area contributed by atoms with Crippen molar-refractivity contribution in [3.05, 3.63) is 0 Å². The van der Waals surface area contributed by atoms with Gasteiger partial charge in [-0.2, -0.15) is 0 Å². The number of piperidine rings is 1. The van der Waals surface area contributed by atoms with E-state index >= 15 is 0 Å². The highest BCUT2D eigenvalue weighted by Crippen LogP contribution is 2.59. The maximum atomic E-state index is 12.4. The minimum absolute atomic E-state index is 0.331. The molecular weight excluding hydrogens is 200 g/mol. The third kappa shape index (κ3) is 1.97. The number of rotatable bonds is 3. The minimum atomic E-state index is 0.331. The zero-order chi connectivity index (χ0) is 11.8. The molecule has 0 bridgehead atoms. The van der Waals surface area contributed by atoms with E-state index in [2.05, 4.69) is 26.1 Å². The van der Waals surface area contributed by atoms with Crippen molar-refractivity contribution < 1.29 is 4.79 Å². The molecule has 1 atom stereocenters. The van der Waals surface area contributed by atoms with Gasteiger partial charge in [0.05, 0.1) is 0 Å².